The fourth-order valence-corrected chi connectivity index (χ4v) is 1.59. The number of carbonyl (C=O) groups is 2. The van der Waals surface area contributed by atoms with Gasteiger partial charge in [0.1, 0.15) is 0 Å². The molecule has 0 fully saturated rings. The minimum Gasteiger partial charge on any atom is -0.478 e. The molecule has 0 aliphatic carbocycles. The zero-order valence-corrected chi connectivity index (χ0v) is 10.9. The lowest BCUT2D eigenvalue weighted by Gasteiger charge is -2.10. The van der Waals surface area contributed by atoms with Crippen LogP contribution in [-0.4, -0.2) is 48.4 Å². The molecule has 0 radical (unpaired) electrons. The molecule has 0 aliphatic rings. The van der Waals surface area contributed by atoms with Crippen molar-refractivity contribution in [3.63, 3.8) is 0 Å². The second kappa shape index (κ2) is 6.99. The Kier molecular flexibility index (Phi) is 5.35. The highest BCUT2D eigenvalue weighted by molar-refractivity contribution is 5.97. The van der Waals surface area contributed by atoms with E-state index in [1.165, 1.54) is 0 Å². The van der Waals surface area contributed by atoms with E-state index in [1.807, 2.05) is 0 Å². The normalized spacial score (nSPS) is 12.2. The number of aliphatic hydroxyl groups is 1. The first-order valence-corrected chi connectivity index (χ1v) is 5.72. The smallest absolute Gasteiger partial charge is 0.338 e. The molecule has 1 rings (SSSR count). The van der Waals surface area contributed by atoms with Crippen LogP contribution in [-0.2, 0) is 9.59 Å². The predicted molar refractivity (Wildman–Crippen MR) is 71.3 cm³/mol. The first-order chi connectivity index (χ1) is 10.3. The van der Waals surface area contributed by atoms with Gasteiger partial charge in [-0.05, 0) is 6.08 Å². The fourth-order valence-electron chi connectivity index (χ4n) is 1.59. The van der Waals surface area contributed by atoms with Gasteiger partial charge in [-0.15, -0.1) is 0 Å². The summed E-state index contributed by atoms with van der Waals surface area (Å²) in [4.78, 5) is 59.5. The standard InChI is InChI=1S/C11H11N3O8/c15-4-3-6(5(8(18)19)1-2-7(16)17)14-10(21)12-9(20)13-11(14)22/h1-2,15H,3-4H2,(H,16,17)(H,18,19)(H2,12,13,20,21,22). The van der Waals surface area contributed by atoms with Crippen molar-refractivity contribution in [3.8, 4) is 0 Å². The van der Waals surface area contributed by atoms with Gasteiger partial charge in [-0.3, -0.25) is 9.97 Å². The number of hydrogen-bond donors (Lipinski definition) is 5. The topological polar surface area (TPSA) is 183 Å². The summed E-state index contributed by atoms with van der Waals surface area (Å²) in [6, 6.07) is 0. The molecule has 5 N–H and O–H groups in total. The third kappa shape index (κ3) is 3.89. The third-order valence-electron chi connectivity index (χ3n) is 2.40. The van der Waals surface area contributed by atoms with Crippen LogP contribution in [0.3, 0.4) is 0 Å². The van der Waals surface area contributed by atoms with E-state index in [0.717, 1.165) is 0 Å². The number of carboxylic acids is 2. The molecule has 1 aromatic heterocycles. The summed E-state index contributed by atoms with van der Waals surface area (Å²) >= 11 is 0. The van der Waals surface area contributed by atoms with Crippen LogP contribution in [0.5, 0.6) is 0 Å². The highest BCUT2D eigenvalue weighted by atomic mass is 16.4. The van der Waals surface area contributed by atoms with Gasteiger partial charge in [0.2, 0.25) is 0 Å². The Bertz CT molecular complexity index is 788. The van der Waals surface area contributed by atoms with Gasteiger partial charge in [0.25, 0.3) is 0 Å². The van der Waals surface area contributed by atoms with Crippen molar-refractivity contribution < 1.29 is 24.9 Å². The molecule has 0 aromatic carbocycles. The number of rotatable bonds is 6. The van der Waals surface area contributed by atoms with E-state index in [2.05, 4.69) is 0 Å². The summed E-state index contributed by atoms with van der Waals surface area (Å²) in [6.07, 6.45) is 0.707. The van der Waals surface area contributed by atoms with Crippen LogP contribution in [0.25, 0.3) is 5.70 Å². The van der Waals surface area contributed by atoms with E-state index < -0.39 is 53.3 Å². The van der Waals surface area contributed by atoms with Crippen molar-refractivity contribution in [1.29, 1.82) is 0 Å². The molecule has 1 heterocycles. The van der Waals surface area contributed by atoms with Crippen molar-refractivity contribution >= 4 is 17.6 Å². The lowest BCUT2D eigenvalue weighted by atomic mass is 10.1. The van der Waals surface area contributed by atoms with E-state index in [-0.39, 0.29) is 0 Å². The van der Waals surface area contributed by atoms with E-state index >= 15 is 0 Å². The fraction of sp³-hybridized carbons (Fsp3) is 0.182. The number of aromatic amines is 2. The summed E-state index contributed by atoms with van der Waals surface area (Å²) in [5.74, 6) is -3.08. The van der Waals surface area contributed by atoms with Crippen molar-refractivity contribution in [3.05, 3.63) is 49.2 Å². The van der Waals surface area contributed by atoms with Crippen molar-refractivity contribution in [2.24, 2.45) is 0 Å². The molecule has 0 saturated carbocycles. The van der Waals surface area contributed by atoms with Gasteiger partial charge in [-0.25, -0.2) is 28.5 Å². The summed E-state index contributed by atoms with van der Waals surface area (Å²) in [6.45, 7) is -0.627. The Morgan fingerprint density at radius 2 is 1.59 bits per heavy atom. The van der Waals surface area contributed by atoms with E-state index in [0.29, 0.717) is 16.7 Å². The Balaban J connectivity index is 3.76. The van der Waals surface area contributed by atoms with Gasteiger partial charge in [0.05, 0.1) is 5.57 Å². The number of aromatic nitrogens is 3. The van der Waals surface area contributed by atoms with Crippen molar-refractivity contribution in [1.82, 2.24) is 14.5 Å². The van der Waals surface area contributed by atoms with E-state index in [4.69, 9.17) is 15.3 Å². The average molecular weight is 313 g/mol. The number of nitrogens with one attached hydrogen (secondary N) is 2. The predicted octanol–water partition coefficient (Wildman–Crippen LogP) is -2.46. The molecule has 0 bridgehead atoms. The van der Waals surface area contributed by atoms with Crippen LogP contribution < -0.4 is 17.1 Å². The molecule has 11 nitrogen and oxygen atoms in total. The zero-order valence-electron chi connectivity index (χ0n) is 10.9. The quantitative estimate of drug-likeness (QED) is 0.283. The molecule has 0 atom stereocenters. The Labute approximate surface area is 120 Å². The second-order valence-corrected chi connectivity index (χ2v) is 3.84. The molecule has 0 saturated heterocycles. The number of aliphatic carboxylic acids is 2. The molecule has 0 spiro atoms. The van der Waals surface area contributed by atoms with E-state index in [9.17, 15) is 24.0 Å². The van der Waals surface area contributed by atoms with Gasteiger partial charge in [0, 0.05) is 24.8 Å². The van der Waals surface area contributed by atoms with Crippen LogP contribution in [0.15, 0.2) is 32.1 Å². The lowest BCUT2D eigenvalue weighted by Crippen LogP contribution is -2.43. The summed E-state index contributed by atoms with van der Waals surface area (Å²) < 4.78 is 0.299. The maximum atomic E-state index is 11.7. The molecule has 0 aliphatic heterocycles. The molecule has 118 valence electrons. The highest BCUT2D eigenvalue weighted by Crippen LogP contribution is 2.13. The minimum atomic E-state index is -1.63. The van der Waals surface area contributed by atoms with Crippen LogP contribution in [0.1, 0.15) is 6.42 Å². The van der Waals surface area contributed by atoms with Gasteiger partial charge >= 0.3 is 29.0 Å². The SMILES string of the molecule is O=C(O)C=CC(C(=O)O)=C(CCO)n1c(=O)[nH]c(=O)[nH]c1=O. The van der Waals surface area contributed by atoms with Crippen LogP contribution in [0, 0.1) is 0 Å². The lowest BCUT2D eigenvalue weighted by molar-refractivity contribution is -0.132. The van der Waals surface area contributed by atoms with E-state index in [1.54, 1.807) is 9.97 Å². The average Bonchev–Trinajstić information content (AvgIpc) is 2.36. The summed E-state index contributed by atoms with van der Waals surface area (Å²) in [5.41, 5.74) is -4.71. The maximum Gasteiger partial charge on any atom is 0.338 e. The van der Waals surface area contributed by atoms with Gasteiger partial charge in [0.15, 0.2) is 0 Å². The molecule has 0 unspecified atom stereocenters. The van der Waals surface area contributed by atoms with Crippen LogP contribution in [0.4, 0.5) is 0 Å². The molecule has 22 heavy (non-hydrogen) atoms. The third-order valence-corrected chi connectivity index (χ3v) is 2.40. The Morgan fingerprint density at radius 1 is 1.05 bits per heavy atom. The minimum absolute atomic E-state index is 0.299. The number of hydrogen-bond acceptors (Lipinski definition) is 6. The molecule has 1 aromatic rings. The Hall–Kier alpha value is -3.21. The van der Waals surface area contributed by atoms with Gasteiger partial charge < -0.3 is 15.3 Å². The monoisotopic (exact) mass is 313 g/mol. The first-order valence-electron chi connectivity index (χ1n) is 5.72. The largest absolute Gasteiger partial charge is 0.478 e. The summed E-state index contributed by atoms with van der Waals surface area (Å²) in [5, 5.41) is 26.6. The van der Waals surface area contributed by atoms with Gasteiger partial charge in [-0.2, -0.15) is 0 Å². The van der Waals surface area contributed by atoms with Crippen molar-refractivity contribution in [2.45, 2.75) is 6.42 Å². The Morgan fingerprint density at radius 3 is 2.00 bits per heavy atom. The molecular formula is C11H11N3O8. The summed E-state index contributed by atoms with van der Waals surface area (Å²) in [7, 11) is 0. The zero-order chi connectivity index (χ0) is 16.9. The number of nitrogens with zero attached hydrogens (tertiary/aromatic N) is 1. The van der Waals surface area contributed by atoms with Crippen LogP contribution in [0.2, 0.25) is 0 Å². The maximum absolute atomic E-state index is 11.7. The number of carboxylic acid groups (broad SMARTS) is 2. The molecular weight excluding hydrogens is 302 g/mol. The second-order valence-electron chi connectivity index (χ2n) is 3.84. The van der Waals surface area contributed by atoms with Crippen LogP contribution >= 0.6 is 0 Å². The number of aliphatic hydroxyl groups excluding tert-OH is 1. The molecule has 0 amide bonds. The van der Waals surface area contributed by atoms with Gasteiger partial charge in [-0.1, -0.05) is 0 Å². The highest BCUT2D eigenvalue weighted by Gasteiger charge is 2.17. The number of H-pyrrole nitrogens is 2. The molecule has 11 heteroatoms. The first kappa shape index (κ1) is 16.8. The van der Waals surface area contributed by atoms with Crippen molar-refractivity contribution in [2.75, 3.05) is 6.61 Å².